The van der Waals surface area contributed by atoms with Crippen molar-refractivity contribution < 1.29 is 17.9 Å². The van der Waals surface area contributed by atoms with Crippen LogP contribution in [0, 0.1) is 12.8 Å². The highest BCUT2D eigenvalue weighted by Gasteiger charge is 2.38. The van der Waals surface area contributed by atoms with Crippen LogP contribution >= 0.6 is 0 Å². The molecule has 2 aromatic heterocycles. The van der Waals surface area contributed by atoms with Crippen molar-refractivity contribution in [2.75, 3.05) is 39.1 Å². The Morgan fingerprint density at radius 3 is 2.89 bits per heavy atom. The van der Waals surface area contributed by atoms with Gasteiger partial charge in [0.25, 0.3) is 0 Å². The molecule has 0 aliphatic carbocycles. The number of imidazole rings is 1. The van der Waals surface area contributed by atoms with E-state index in [9.17, 15) is 13.2 Å². The standard InChI is InChI=1S/C18H24N4O4S/c1-13-4-3-5-21-15(7-19-18(13)21)6-17(23)22-9-14-8-20(27(2,24)25)10-16(22)12-26-11-14/h3-5,7,14,16H,6,8-12H2,1-2H3/t14-,16-/m0/s1. The summed E-state index contributed by atoms with van der Waals surface area (Å²) in [6, 6.07) is 3.67. The number of fused-ring (bicyclic) bond motifs is 4. The minimum Gasteiger partial charge on any atom is -0.379 e. The second-order valence-electron chi connectivity index (χ2n) is 7.49. The SMILES string of the molecule is Cc1cccn2c(CC(=O)N3C[C@H]4COC[C@@H]3CN(S(C)(=O)=O)C4)cnc12. The van der Waals surface area contributed by atoms with Gasteiger partial charge in [-0.25, -0.2) is 13.4 Å². The molecule has 146 valence electrons. The molecule has 2 aliphatic rings. The van der Waals surface area contributed by atoms with E-state index in [1.165, 1.54) is 10.6 Å². The van der Waals surface area contributed by atoms with Gasteiger partial charge in [-0.05, 0) is 18.6 Å². The van der Waals surface area contributed by atoms with Crippen LogP contribution < -0.4 is 0 Å². The molecule has 1 amide bonds. The second-order valence-corrected chi connectivity index (χ2v) is 9.48. The van der Waals surface area contributed by atoms with Crippen molar-refractivity contribution in [2.45, 2.75) is 19.4 Å². The average Bonchev–Trinajstić information content (AvgIpc) is 2.77. The van der Waals surface area contributed by atoms with Gasteiger partial charge in [-0.2, -0.15) is 4.31 Å². The summed E-state index contributed by atoms with van der Waals surface area (Å²) in [7, 11) is -3.30. The van der Waals surface area contributed by atoms with Gasteiger partial charge in [-0.15, -0.1) is 0 Å². The van der Waals surface area contributed by atoms with Crippen molar-refractivity contribution in [3.8, 4) is 0 Å². The van der Waals surface area contributed by atoms with Crippen LogP contribution in [0.15, 0.2) is 24.5 Å². The largest absolute Gasteiger partial charge is 0.379 e. The summed E-state index contributed by atoms with van der Waals surface area (Å²) in [5.74, 6) is -0.0326. The number of carbonyl (C=O) groups excluding carboxylic acids is 1. The lowest BCUT2D eigenvalue weighted by Crippen LogP contribution is -2.48. The summed E-state index contributed by atoms with van der Waals surface area (Å²) in [6.07, 6.45) is 5.10. The molecule has 0 radical (unpaired) electrons. The molecule has 0 unspecified atom stereocenters. The molecule has 2 aliphatic heterocycles. The van der Waals surface area contributed by atoms with E-state index in [0.717, 1.165) is 16.9 Å². The maximum atomic E-state index is 13.1. The molecule has 8 nitrogen and oxygen atoms in total. The minimum atomic E-state index is -3.30. The molecule has 9 heteroatoms. The van der Waals surface area contributed by atoms with Crippen molar-refractivity contribution in [1.82, 2.24) is 18.6 Å². The van der Waals surface area contributed by atoms with Crippen LogP contribution in [-0.4, -0.2) is 78.1 Å². The fraction of sp³-hybridized carbons (Fsp3) is 0.556. The van der Waals surface area contributed by atoms with E-state index in [1.54, 1.807) is 11.1 Å². The normalized spacial score (nSPS) is 24.1. The number of nitrogens with zero attached hydrogens (tertiary/aromatic N) is 4. The summed E-state index contributed by atoms with van der Waals surface area (Å²) in [6.45, 7) is 4.02. The molecule has 0 saturated carbocycles. The fourth-order valence-electron chi connectivity index (χ4n) is 3.97. The molecular weight excluding hydrogens is 368 g/mol. The van der Waals surface area contributed by atoms with Gasteiger partial charge in [0, 0.05) is 37.9 Å². The lowest BCUT2D eigenvalue weighted by molar-refractivity contribution is -0.133. The van der Waals surface area contributed by atoms with Crippen LogP contribution in [-0.2, 0) is 26.0 Å². The average molecular weight is 392 g/mol. The summed E-state index contributed by atoms with van der Waals surface area (Å²) in [4.78, 5) is 19.3. The zero-order valence-electron chi connectivity index (χ0n) is 15.5. The topological polar surface area (TPSA) is 84.2 Å². The molecule has 2 bridgehead atoms. The van der Waals surface area contributed by atoms with Crippen molar-refractivity contribution in [3.63, 3.8) is 0 Å². The van der Waals surface area contributed by atoms with E-state index in [2.05, 4.69) is 4.98 Å². The van der Waals surface area contributed by atoms with Crippen LogP contribution in [0.4, 0.5) is 0 Å². The maximum Gasteiger partial charge on any atom is 0.228 e. The number of rotatable bonds is 3. The smallest absolute Gasteiger partial charge is 0.228 e. The van der Waals surface area contributed by atoms with Crippen LogP contribution in [0.5, 0.6) is 0 Å². The first-order valence-corrected chi connectivity index (χ1v) is 10.9. The third-order valence-electron chi connectivity index (χ3n) is 5.36. The van der Waals surface area contributed by atoms with E-state index in [1.807, 2.05) is 29.7 Å². The molecule has 2 fully saturated rings. The number of ether oxygens (including phenoxy) is 1. The Morgan fingerprint density at radius 1 is 1.30 bits per heavy atom. The molecule has 27 heavy (non-hydrogen) atoms. The van der Waals surface area contributed by atoms with Crippen molar-refractivity contribution >= 4 is 21.6 Å². The molecule has 0 spiro atoms. The highest BCUT2D eigenvalue weighted by molar-refractivity contribution is 7.88. The first kappa shape index (κ1) is 18.4. The maximum absolute atomic E-state index is 13.1. The Balaban J connectivity index is 1.58. The highest BCUT2D eigenvalue weighted by atomic mass is 32.2. The Bertz CT molecular complexity index is 971. The van der Waals surface area contributed by atoms with Gasteiger partial charge in [-0.1, -0.05) is 6.07 Å². The van der Waals surface area contributed by atoms with Gasteiger partial charge in [0.05, 0.1) is 37.6 Å². The lowest BCUT2D eigenvalue weighted by atomic mass is 10.1. The number of hydrogen-bond acceptors (Lipinski definition) is 5. The van der Waals surface area contributed by atoms with Gasteiger partial charge in [0.1, 0.15) is 5.65 Å². The quantitative estimate of drug-likeness (QED) is 0.750. The number of amides is 1. The number of aromatic nitrogens is 2. The number of carbonyl (C=O) groups is 1. The monoisotopic (exact) mass is 392 g/mol. The third-order valence-corrected chi connectivity index (χ3v) is 6.60. The fourth-order valence-corrected chi connectivity index (χ4v) is 4.89. The predicted octanol–water partition coefficient (Wildman–Crippen LogP) is 0.304. The second kappa shape index (κ2) is 6.88. The summed E-state index contributed by atoms with van der Waals surface area (Å²) >= 11 is 0. The van der Waals surface area contributed by atoms with E-state index in [-0.39, 0.29) is 30.8 Å². The molecule has 2 atom stereocenters. The van der Waals surface area contributed by atoms with Crippen LogP contribution in [0.1, 0.15) is 11.3 Å². The minimum absolute atomic E-state index is 0.0133. The zero-order valence-corrected chi connectivity index (χ0v) is 16.4. The molecule has 4 rings (SSSR count). The van der Waals surface area contributed by atoms with E-state index in [0.29, 0.717) is 26.3 Å². The first-order chi connectivity index (χ1) is 12.8. The van der Waals surface area contributed by atoms with Gasteiger partial charge >= 0.3 is 0 Å². The van der Waals surface area contributed by atoms with E-state index in [4.69, 9.17) is 4.74 Å². The van der Waals surface area contributed by atoms with Crippen molar-refractivity contribution in [2.24, 2.45) is 5.92 Å². The highest BCUT2D eigenvalue weighted by Crippen LogP contribution is 2.22. The van der Waals surface area contributed by atoms with Crippen molar-refractivity contribution in [3.05, 3.63) is 35.8 Å². The molecular formula is C18H24N4O4S. The van der Waals surface area contributed by atoms with Crippen LogP contribution in [0.2, 0.25) is 0 Å². The molecule has 0 N–H and O–H groups in total. The molecule has 0 aromatic carbocycles. The van der Waals surface area contributed by atoms with E-state index < -0.39 is 10.0 Å². The zero-order chi connectivity index (χ0) is 19.2. The molecule has 4 heterocycles. The summed E-state index contributed by atoms with van der Waals surface area (Å²) in [5.41, 5.74) is 2.74. The first-order valence-electron chi connectivity index (χ1n) is 9.07. The van der Waals surface area contributed by atoms with Gasteiger partial charge in [0.15, 0.2) is 0 Å². The van der Waals surface area contributed by atoms with Gasteiger partial charge in [-0.3, -0.25) is 4.79 Å². The number of aryl methyl sites for hydroxylation is 1. The number of pyridine rings is 1. The Hall–Kier alpha value is -1.97. The number of hydrogen-bond donors (Lipinski definition) is 0. The van der Waals surface area contributed by atoms with Gasteiger partial charge in [0.2, 0.25) is 15.9 Å². The third kappa shape index (κ3) is 3.59. The Labute approximate surface area is 158 Å². The van der Waals surface area contributed by atoms with Crippen molar-refractivity contribution in [1.29, 1.82) is 0 Å². The summed E-state index contributed by atoms with van der Waals surface area (Å²) < 4.78 is 33.2. The Kier molecular flexibility index (Phi) is 4.69. The van der Waals surface area contributed by atoms with Gasteiger partial charge < -0.3 is 14.0 Å². The lowest BCUT2D eigenvalue weighted by Gasteiger charge is -2.30. The summed E-state index contributed by atoms with van der Waals surface area (Å²) in [5, 5.41) is 0. The number of sulfonamides is 1. The predicted molar refractivity (Wildman–Crippen MR) is 99.9 cm³/mol. The molecule has 2 aromatic rings. The Morgan fingerprint density at radius 2 is 2.11 bits per heavy atom. The van der Waals surface area contributed by atoms with Crippen LogP contribution in [0.25, 0.3) is 5.65 Å². The molecule has 2 saturated heterocycles. The van der Waals surface area contributed by atoms with E-state index >= 15 is 0 Å². The van der Waals surface area contributed by atoms with Crippen LogP contribution in [0.3, 0.4) is 0 Å².